The van der Waals surface area contributed by atoms with E-state index in [1.165, 1.54) is 0 Å². The molecule has 1 heterocycles. The number of pyridine rings is 1. The number of nitrogens with zero attached hydrogens (tertiary/aromatic N) is 2. The normalized spacial score (nSPS) is 10.5. The molecular weight excluding hydrogens is 334 g/mol. The van der Waals surface area contributed by atoms with Crippen LogP contribution < -0.4 is 10.1 Å². The van der Waals surface area contributed by atoms with E-state index >= 15 is 0 Å². The summed E-state index contributed by atoms with van der Waals surface area (Å²) >= 11 is 0. The first-order valence-corrected chi connectivity index (χ1v) is 8.03. The van der Waals surface area contributed by atoms with Crippen molar-refractivity contribution in [3.8, 4) is 17.2 Å². The van der Waals surface area contributed by atoms with Crippen molar-refractivity contribution < 1.29 is 14.6 Å². The van der Waals surface area contributed by atoms with Crippen LogP contribution in [0.2, 0.25) is 0 Å². The number of nitroso groups, excluding NO2 is 1. The highest BCUT2D eigenvalue weighted by atomic mass is 16.5. The highest BCUT2D eigenvalue weighted by Crippen LogP contribution is 2.33. The van der Waals surface area contributed by atoms with Gasteiger partial charge in [0.25, 0.3) is 5.91 Å². The molecule has 2 N–H and O–H groups in total. The van der Waals surface area contributed by atoms with Crippen LogP contribution in [-0.2, 0) is 0 Å². The maximum absolute atomic E-state index is 12.1. The summed E-state index contributed by atoms with van der Waals surface area (Å²) in [5.74, 6) is 0.526. The number of hydrogen-bond acceptors (Lipinski definition) is 6. The van der Waals surface area contributed by atoms with Crippen LogP contribution >= 0.6 is 0 Å². The summed E-state index contributed by atoms with van der Waals surface area (Å²) in [4.78, 5) is 26.4. The Hall–Kier alpha value is -3.48. The zero-order valence-corrected chi connectivity index (χ0v) is 14.1. The minimum absolute atomic E-state index is 0.0424. The number of rotatable bonds is 6. The summed E-state index contributed by atoms with van der Waals surface area (Å²) in [5, 5.41) is 16.8. The van der Waals surface area contributed by atoms with Crippen molar-refractivity contribution in [3.05, 3.63) is 64.8 Å². The number of para-hydroxylation sites is 1. The maximum atomic E-state index is 12.1. The number of hydrogen-bond donors (Lipinski definition) is 2. The van der Waals surface area contributed by atoms with Crippen LogP contribution in [0.25, 0.3) is 10.8 Å². The number of carbonyl (C=O) groups is 1. The smallest absolute Gasteiger partial charge is 0.273 e. The van der Waals surface area contributed by atoms with E-state index in [9.17, 15) is 14.8 Å². The second kappa shape index (κ2) is 7.60. The van der Waals surface area contributed by atoms with Crippen LogP contribution in [0.5, 0.6) is 17.2 Å². The number of carbonyl (C=O) groups excluding carboxylic acids is 1. The Morgan fingerprint density at radius 1 is 1.15 bits per heavy atom. The van der Waals surface area contributed by atoms with Gasteiger partial charge in [0.1, 0.15) is 11.5 Å². The number of fused-ring (bicyclic) bond motifs is 1. The molecule has 1 aromatic heterocycles. The van der Waals surface area contributed by atoms with Crippen LogP contribution in [0.4, 0.5) is 0 Å². The zero-order valence-electron chi connectivity index (χ0n) is 14.1. The summed E-state index contributed by atoms with van der Waals surface area (Å²) < 4.78 is 5.80. The molecule has 0 fully saturated rings. The van der Waals surface area contributed by atoms with Gasteiger partial charge in [0.05, 0.1) is 6.54 Å². The Labute approximate surface area is 149 Å². The van der Waals surface area contributed by atoms with Crippen molar-refractivity contribution >= 4 is 16.7 Å². The second-order valence-electron chi connectivity index (χ2n) is 5.63. The van der Waals surface area contributed by atoms with Crippen LogP contribution in [0, 0.1) is 11.8 Å². The molecule has 3 aromatic rings. The largest absolute Gasteiger partial charge is 0.505 e. The first-order valence-electron chi connectivity index (χ1n) is 8.03. The molecule has 1 amide bonds. The summed E-state index contributed by atoms with van der Waals surface area (Å²) in [5.41, 5.74) is 0.493. The molecule has 0 radical (unpaired) electrons. The lowest BCUT2D eigenvalue weighted by Gasteiger charge is -2.12. The lowest BCUT2D eigenvalue weighted by atomic mass is 10.1. The standard InChI is InChI=1S/C19H17N3O4/c1-12-16-11-14(26-13-5-3-2-4-6-13)7-8-15(16)18(23)17(22-12)19(24)20-9-10-21-25/h2-8,11,23H,9-10H2,1H3,(H,20,24). The van der Waals surface area contributed by atoms with Gasteiger partial charge < -0.3 is 15.2 Å². The highest BCUT2D eigenvalue weighted by molar-refractivity contribution is 6.02. The Bertz CT molecular complexity index is 958. The molecule has 2 aromatic carbocycles. The van der Waals surface area contributed by atoms with Crippen LogP contribution in [-0.4, -0.2) is 29.1 Å². The predicted octanol–water partition coefficient (Wildman–Crippen LogP) is 3.54. The van der Waals surface area contributed by atoms with Gasteiger partial charge in [-0.1, -0.05) is 23.4 Å². The molecule has 0 saturated carbocycles. The quantitative estimate of drug-likeness (QED) is 0.522. The summed E-state index contributed by atoms with van der Waals surface area (Å²) in [6.07, 6.45) is 0. The number of aromatic hydroxyl groups is 1. The van der Waals surface area contributed by atoms with Crippen molar-refractivity contribution in [2.45, 2.75) is 6.92 Å². The molecule has 0 atom stereocenters. The van der Waals surface area contributed by atoms with Crippen molar-refractivity contribution in [1.82, 2.24) is 10.3 Å². The minimum atomic E-state index is -0.555. The molecule has 0 spiro atoms. The second-order valence-corrected chi connectivity index (χ2v) is 5.63. The number of aromatic nitrogens is 1. The van der Waals surface area contributed by atoms with E-state index in [0.29, 0.717) is 28.0 Å². The Kier molecular flexibility index (Phi) is 5.07. The summed E-state index contributed by atoms with van der Waals surface area (Å²) in [7, 11) is 0. The van der Waals surface area contributed by atoms with Crippen molar-refractivity contribution in [2.24, 2.45) is 5.18 Å². The lowest BCUT2D eigenvalue weighted by Crippen LogP contribution is -2.27. The van der Waals surface area contributed by atoms with Gasteiger partial charge in [-0.15, -0.1) is 0 Å². The van der Waals surface area contributed by atoms with E-state index in [4.69, 9.17) is 4.74 Å². The van der Waals surface area contributed by atoms with Gasteiger partial charge in [-0.3, -0.25) is 4.79 Å². The number of aryl methyl sites for hydroxylation is 1. The third-order valence-corrected chi connectivity index (χ3v) is 3.82. The van der Waals surface area contributed by atoms with Gasteiger partial charge in [-0.2, -0.15) is 4.91 Å². The maximum Gasteiger partial charge on any atom is 0.273 e. The molecular formula is C19H17N3O4. The van der Waals surface area contributed by atoms with Gasteiger partial charge in [0.15, 0.2) is 11.4 Å². The van der Waals surface area contributed by atoms with Crippen LogP contribution in [0.15, 0.2) is 53.7 Å². The Morgan fingerprint density at radius 3 is 2.65 bits per heavy atom. The molecule has 26 heavy (non-hydrogen) atoms. The number of nitrogens with one attached hydrogen (secondary N) is 1. The molecule has 0 aliphatic rings. The van der Waals surface area contributed by atoms with Gasteiger partial charge in [-0.25, -0.2) is 4.98 Å². The molecule has 132 valence electrons. The fraction of sp³-hybridized carbons (Fsp3) is 0.158. The molecule has 7 nitrogen and oxygen atoms in total. The number of benzene rings is 2. The molecule has 3 rings (SSSR count). The van der Waals surface area contributed by atoms with Gasteiger partial charge in [0.2, 0.25) is 0 Å². The van der Waals surface area contributed by atoms with Crippen LogP contribution in [0.3, 0.4) is 0 Å². The van der Waals surface area contributed by atoms with Gasteiger partial charge in [-0.05, 0) is 37.3 Å². The molecule has 0 aliphatic heterocycles. The van der Waals surface area contributed by atoms with E-state index in [1.54, 1.807) is 25.1 Å². The molecule has 0 aliphatic carbocycles. The van der Waals surface area contributed by atoms with Gasteiger partial charge in [0, 0.05) is 23.0 Å². The summed E-state index contributed by atoms with van der Waals surface area (Å²) in [6.45, 7) is 1.79. The highest BCUT2D eigenvalue weighted by Gasteiger charge is 2.18. The fourth-order valence-electron chi connectivity index (χ4n) is 2.58. The third kappa shape index (κ3) is 3.61. The zero-order chi connectivity index (χ0) is 18.5. The van der Waals surface area contributed by atoms with Crippen molar-refractivity contribution in [1.29, 1.82) is 0 Å². The number of ether oxygens (including phenoxy) is 1. The first-order chi connectivity index (χ1) is 12.6. The van der Waals surface area contributed by atoms with E-state index in [2.05, 4.69) is 15.5 Å². The van der Waals surface area contributed by atoms with Crippen LogP contribution in [0.1, 0.15) is 16.2 Å². The average Bonchev–Trinajstić information content (AvgIpc) is 2.65. The topological polar surface area (TPSA) is 101 Å². The van der Waals surface area contributed by atoms with Crippen molar-refractivity contribution in [2.75, 3.05) is 13.1 Å². The van der Waals surface area contributed by atoms with E-state index < -0.39 is 5.91 Å². The van der Waals surface area contributed by atoms with E-state index in [-0.39, 0.29) is 24.5 Å². The molecule has 0 saturated heterocycles. The van der Waals surface area contributed by atoms with E-state index in [1.807, 2.05) is 30.3 Å². The third-order valence-electron chi connectivity index (χ3n) is 3.82. The lowest BCUT2D eigenvalue weighted by molar-refractivity contribution is 0.0947. The first kappa shape index (κ1) is 17.3. The monoisotopic (exact) mass is 351 g/mol. The van der Waals surface area contributed by atoms with Gasteiger partial charge >= 0.3 is 0 Å². The molecule has 0 unspecified atom stereocenters. The average molecular weight is 351 g/mol. The Morgan fingerprint density at radius 2 is 1.92 bits per heavy atom. The fourth-order valence-corrected chi connectivity index (χ4v) is 2.58. The molecule has 0 bridgehead atoms. The predicted molar refractivity (Wildman–Crippen MR) is 97.7 cm³/mol. The summed E-state index contributed by atoms with van der Waals surface area (Å²) in [6, 6.07) is 14.5. The molecule has 7 heteroatoms. The minimum Gasteiger partial charge on any atom is -0.505 e. The van der Waals surface area contributed by atoms with E-state index in [0.717, 1.165) is 0 Å². The Balaban J connectivity index is 1.93. The SMILES string of the molecule is Cc1nc(C(=O)NCCN=O)c(O)c2ccc(Oc3ccccc3)cc12. The number of amides is 1. The van der Waals surface area contributed by atoms with Crippen molar-refractivity contribution in [3.63, 3.8) is 0 Å².